The van der Waals surface area contributed by atoms with E-state index in [4.69, 9.17) is 4.74 Å². The van der Waals surface area contributed by atoms with Crippen molar-refractivity contribution < 1.29 is 4.74 Å². The van der Waals surface area contributed by atoms with Gasteiger partial charge < -0.3 is 14.6 Å². The number of hydrogen-bond donors (Lipinski definition) is 1. The number of nitrogens with zero attached hydrogens (tertiary/aromatic N) is 3. The van der Waals surface area contributed by atoms with Crippen LogP contribution >= 0.6 is 0 Å². The zero-order chi connectivity index (χ0) is 18.1. The molecular formula is C20H26N4O. The Morgan fingerprint density at radius 3 is 2.24 bits per heavy atom. The first-order valence-electron chi connectivity index (χ1n) is 8.78. The lowest BCUT2D eigenvalue weighted by atomic mass is 10.1. The van der Waals surface area contributed by atoms with E-state index in [1.807, 2.05) is 26.0 Å². The summed E-state index contributed by atoms with van der Waals surface area (Å²) in [5, 5.41) is 14.5. The zero-order valence-electron chi connectivity index (χ0n) is 15.8. The third-order valence-corrected chi connectivity index (χ3v) is 4.37. The van der Waals surface area contributed by atoms with Gasteiger partial charge in [-0.25, -0.2) is 0 Å². The van der Waals surface area contributed by atoms with Gasteiger partial charge in [-0.1, -0.05) is 0 Å². The van der Waals surface area contributed by atoms with Crippen LogP contribution in [0.15, 0.2) is 24.3 Å². The van der Waals surface area contributed by atoms with E-state index in [1.54, 1.807) is 0 Å². The van der Waals surface area contributed by atoms with Crippen molar-refractivity contribution in [2.24, 2.45) is 0 Å². The Morgan fingerprint density at radius 1 is 1.00 bits per heavy atom. The Morgan fingerprint density at radius 2 is 1.64 bits per heavy atom. The fourth-order valence-corrected chi connectivity index (χ4v) is 3.41. The summed E-state index contributed by atoms with van der Waals surface area (Å²) in [6, 6.07) is 8.51. The van der Waals surface area contributed by atoms with E-state index < -0.39 is 0 Å². The van der Waals surface area contributed by atoms with Crippen molar-refractivity contribution >= 4 is 16.6 Å². The zero-order valence-corrected chi connectivity index (χ0v) is 15.8. The number of ether oxygens (including phenoxy) is 1. The molecule has 25 heavy (non-hydrogen) atoms. The monoisotopic (exact) mass is 338 g/mol. The third-order valence-electron chi connectivity index (χ3n) is 4.37. The SMILES string of the molecule is CCOc1ccc(-n2c(C)c3c(C)nnc(NC(C)C)c3c2C)cc1. The predicted molar refractivity (Wildman–Crippen MR) is 103 cm³/mol. The lowest BCUT2D eigenvalue weighted by molar-refractivity contribution is 0.340. The second kappa shape index (κ2) is 6.75. The van der Waals surface area contributed by atoms with Crippen LogP contribution in [0, 0.1) is 20.8 Å². The number of aromatic nitrogens is 3. The molecular weight excluding hydrogens is 312 g/mol. The molecule has 132 valence electrons. The number of fused-ring (bicyclic) bond motifs is 1. The first kappa shape index (κ1) is 17.3. The summed E-state index contributed by atoms with van der Waals surface area (Å²) in [5.74, 6) is 1.74. The largest absolute Gasteiger partial charge is 0.494 e. The Balaban J connectivity index is 2.21. The molecule has 2 heterocycles. The van der Waals surface area contributed by atoms with Crippen molar-refractivity contribution in [3.8, 4) is 11.4 Å². The van der Waals surface area contributed by atoms with Crippen LogP contribution in [0.1, 0.15) is 37.9 Å². The molecule has 1 N–H and O–H groups in total. The van der Waals surface area contributed by atoms with Crippen molar-refractivity contribution in [1.29, 1.82) is 0 Å². The average molecular weight is 338 g/mol. The topological polar surface area (TPSA) is 52.0 Å². The minimum absolute atomic E-state index is 0.300. The van der Waals surface area contributed by atoms with E-state index in [2.05, 4.69) is 59.9 Å². The van der Waals surface area contributed by atoms with Gasteiger partial charge in [0.25, 0.3) is 0 Å². The van der Waals surface area contributed by atoms with Crippen LogP contribution in [0.5, 0.6) is 5.75 Å². The summed E-state index contributed by atoms with van der Waals surface area (Å²) >= 11 is 0. The standard InChI is InChI=1S/C20H26N4O/c1-7-25-17-10-8-16(9-11-17)24-14(5)18-13(4)22-23-20(21-12(2)3)19(18)15(24)6/h8-12H,7H2,1-6H3,(H,21,23). The Labute approximate surface area is 149 Å². The molecule has 1 aromatic carbocycles. The van der Waals surface area contributed by atoms with Gasteiger partial charge in [-0.05, 0) is 65.8 Å². The van der Waals surface area contributed by atoms with Crippen LogP contribution in [0.2, 0.25) is 0 Å². The molecule has 5 nitrogen and oxygen atoms in total. The smallest absolute Gasteiger partial charge is 0.158 e. The van der Waals surface area contributed by atoms with Gasteiger partial charge in [0.1, 0.15) is 5.75 Å². The van der Waals surface area contributed by atoms with Crippen LogP contribution in [-0.2, 0) is 0 Å². The molecule has 0 aliphatic carbocycles. The van der Waals surface area contributed by atoms with E-state index in [0.29, 0.717) is 12.6 Å². The number of benzene rings is 1. The molecule has 0 bridgehead atoms. The fourth-order valence-electron chi connectivity index (χ4n) is 3.41. The summed E-state index contributed by atoms with van der Waals surface area (Å²) in [5.41, 5.74) is 4.41. The molecule has 0 aliphatic heterocycles. The highest BCUT2D eigenvalue weighted by Gasteiger charge is 2.19. The molecule has 0 atom stereocenters. The first-order chi connectivity index (χ1) is 11.9. The van der Waals surface area contributed by atoms with Gasteiger partial charge in [0.05, 0.1) is 12.3 Å². The molecule has 3 rings (SSSR count). The van der Waals surface area contributed by atoms with Crippen molar-refractivity contribution in [1.82, 2.24) is 14.8 Å². The lowest BCUT2D eigenvalue weighted by Gasteiger charge is -2.11. The van der Waals surface area contributed by atoms with Gasteiger partial charge in [0, 0.05) is 33.9 Å². The van der Waals surface area contributed by atoms with Crippen LogP contribution in [0.3, 0.4) is 0 Å². The molecule has 0 amide bonds. The maximum atomic E-state index is 5.56. The summed E-state index contributed by atoms with van der Waals surface area (Å²) in [6.45, 7) is 13.2. The molecule has 3 aromatic rings. The average Bonchev–Trinajstić information content (AvgIpc) is 2.83. The molecule has 0 radical (unpaired) electrons. The first-order valence-corrected chi connectivity index (χ1v) is 8.78. The van der Waals surface area contributed by atoms with E-state index in [9.17, 15) is 0 Å². The third kappa shape index (κ3) is 3.06. The van der Waals surface area contributed by atoms with Crippen molar-refractivity contribution in [3.63, 3.8) is 0 Å². The number of anilines is 1. The van der Waals surface area contributed by atoms with E-state index in [1.165, 1.54) is 11.1 Å². The van der Waals surface area contributed by atoms with E-state index in [-0.39, 0.29) is 0 Å². The van der Waals surface area contributed by atoms with Crippen LogP contribution < -0.4 is 10.1 Å². The fraction of sp³-hybridized carbons (Fsp3) is 0.400. The van der Waals surface area contributed by atoms with Gasteiger partial charge in [0.15, 0.2) is 5.82 Å². The van der Waals surface area contributed by atoms with Gasteiger partial charge in [0.2, 0.25) is 0 Å². The van der Waals surface area contributed by atoms with E-state index >= 15 is 0 Å². The molecule has 5 heteroatoms. The Bertz CT molecular complexity index is 894. The summed E-state index contributed by atoms with van der Waals surface area (Å²) in [7, 11) is 0. The van der Waals surface area contributed by atoms with Crippen molar-refractivity contribution in [2.45, 2.75) is 47.6 Å². The van der Waals surface area contributed by atoms with Crippen molar-refractivity contribution in [3.05, 3.63) is 41.3 Å². The number of hydrogen-bond acceptors (Lipinski definition) is 4. The highest BCUT2D eigenvalue weighted by Crippen LogP contribution is 2.34. The normalized spacial score (nSPS) is 11.3. The maximum Gasteiger partial charge on any atom is 0.158 e. The maximum absolute atomic E-state index is 5.56. The molecule has 0 spiro atoms. The lowest BCUT2D eigenvalue weighted by Crippen LogP contribution is -2.12. The molecule has 0 aliphatic rings. The minimum atomic E-state index is 0.300. The minimum Gasteiger partial charge on any atom is -0.494 e. The quantitative estimate of drug-likeness (QED) is 0.741. The number of nitrogens with one attached hydrogen (secondary N) is 1. The highest BCUT2D eigenvalue weighted by molar-refractivity contribution is 5.98. The van der Waals surface area contributed by atoms with Gasteiger partial charge in [-0.2, -0.15) is 5.10 Å². The highest BCUT2D eigenvalue weighted by atomic mass is 16.5. The predicted octanol–water partition coefficient (Wildman–Crippen LogP) is 4.56. The molecule has 0 saturated heterocycles. The summed E-state index contributed by atoms with van der Waals surface area (Å²) in [4.78, 5) is 0. The molecule has 0 saturated carbocycles. The molecule has 0 unspecified atom stereocenters. The van der Waals surface area contributed by atoms with Gasteiger partial charge in [-0.15, -0.1) is 5.10 Å². The molecule has 0 fully saturated rings. The Kier molecular flexibility index (Phi) is 4.66. The van der Waals surface area contributed by atoms with E-state index in [0.717, 1.165) is 34.0 Å². The number of rotatable bonds is 5. The number of aryl methyl sites for hydroxylation is 3. The van der Waals surface area contributed by atoms with Crippen molar-refractivity contribution in [2.75, 3.05) is 11.9 Å². The Hall–Kier alpha value is -2.56. The second-order valence-corrected chi connectivity index (χ2v) is 6.62. The second-order valence-electron chi connectivity index (χ2n) is 6.62. The van der Waals surface area contributed by atoms with Crippen LogP contribution in [0.4, 0.5) is 5.82 Å². The van der Waals surface area contributed by atoms with Crippen LogP contribution in [0.25, 0.3) is 16.5 Å². The summed E-state index contributed by atoms with van der Waals surface area (Å²) in [6.07, 6.45) is 0. The summed E-state index contributed by atoms with van der Waals surface area (Å²) < 4.78 is 7.82. The van der Waals surface area contributed by atoms with Gasteiger partial charge in [-0.3, -0.25) is 0 Å². The van der Waals surface area contributed by atoms with Crippen LogP contribution in [-0.4, -0.2) is 27.4 Å². The molecule has 2 aromatic heterocycles. The van der Waals surface area contributed by atoms with Gasteiger partial charge >= 0.3 is 0 Å².